The largest absolute Gasteiger partial charge is 0.457 e. The van der Waals surface area contributed by atoms with Crippen LogP contribution in [-0.2, 0) is 9.53 Å². The molecule has 8 nitrogen and oxygen atoms in total. The molecule has 2 amide bonds. The highest BCUT2D eigenvalue weighted by Crippen LogP contribution is 2.25. The Balaban J connectivity index is 1.65. The lowest BCUT2D eigenvalue weighted by Crippen LogP contribution is -2.47. The lowest BCUT2D eigenvalue weighted by molar-refractivity contribution is -0.119. The van der Waals surface area contributed by atoms with E-state index in [4.69, 9.17) is 9.47 Å². The van der Waals surface area contributed by atoms with Crippen molar-refractivity contribution in [3.8, 4) is 22.8 Å². The molecule has 1 unspecified atom stereocenters. The first-order chi connectivity index (χ1) is 16.1. The molecule has 0 radical (unpaired) electrons. The van der Waals surface area contributed by atoms with Crippen molar-refractivity contribution in [1.82, 2.24) is 10.3 Å². The Morgan fingerprint density at radius 1 is 1.00 bits per heavy atom. The number of carbonyl (C=O) groups is 2. The molecule has 3 rings (SSSR count). The number of nitrogens with zero attached hydrogens (tertiary/aromatic N) is 1. The van der Waals surface area contributed by atoms with Crippen LogP contribution in [-0.4, -0.2) is 40.3 Å². The Hall–Kier alpha value is -3.98. The van der Waals surface area contributed by atoms with Crippen molar-refractivity contribution in [2.24, 2.45) is 0 Å². The van der Waals surface area contributed by atoms with Crippen LogP contribution >= 0.6 is 0 Å². The third kappa shape index (κ3) is 7.28. The Morgan fingerprint density at radius 3 is 2.21 bits per heavy atom. The highest BCUT2D eigenvalue weighted by atomic mass is 19.1. The van der Waals surface area contributed by atoms with Gasteiger partial charge in [0, 0.05) is 5.56 Å². The number of carbonyl (C=O) groups excluding carboxylic acids is 2. The third-order valence-corrected chi connectivity index (χ3v) is 4.39. The zero-order valence-electron chi connectivity index (χ0n) is 19.0. The standard InChI is InChI=1S/C25H26FN3O5/c1-25(2,3)34-24(32)28-21(15-30)23(31)29-22-6-4-5-20(27-22)16-7-11-18(12-8-16)33-19-13-9-17(26)10-14-19/h4-14,21,30H,15H2,1-3H3,(H,28,32)(H,27,29,31). The number of benzene rings is 2. The number of nitrogens with one attached hydrogen (secondary N) is 2. The van der Waals surface area contributed by atoms with Gasteiger partial charge in [0.05, 0.1) is 12.3 Å². The van der Waals surface area contributed by atoms with E-state index in [9.17, 15) is 19.1 Å². The number of halogens is 1. The van der Waals surface area contributed by atoms with Gasteiger partial charge < -0.3 is 25.2 Å². The molecule has 2 aromatic carbocycles. The van der Waals surface area contributed by atoms with Crippen molar-refractivity contribution in [3.05, 3.63) is 72.5 Å². The van der Waals surface area contributed by atoms with E-state index in [2.05, 4.69) is 15.6 Å². The highest BCUT2D eigenvalue weighted by Gasteiger charge is 2.24. The molecule has 3 aromatic rings. The van der Waals surface area contributed by atoms with E-state index < -0.39 is 30.3 Å². The van der Waals surface area contributed by atoms with Crippen molar-refractivity contribution in [2.75, 3.05) is 11.9 Å². The summed E-state index contributed by atoms with van der Waals surface area (Å²) >= 11 is 0. The van der Waals surface area contributed by atoms with Crippen LogP contribution in [0.4, 0.5) is 15.0 Å². The predicted molar refractivity (Wildman–Crippen MR) is 125 cm³/mol. The maximum absolute atomic E-state index is 13.0. The highest BCUT2D eigenvalue weighted by molar-refractivity contribution is 5.96. The molecule has 0 fully saturated rings. The van der Waals surface area contributed by atoms with Gasteiger partial charge in [0.15, 0.2) is 0 Å². The summed E-state index contributed by atoms with van der Waals surface area (Å²) in [6.07, 6.45) is -0.814. The second kappa shape index (κ2) is 10.8. The summed E-state index contributed by atoms with van der Waals surface area (Å²) in [5.74, 6) is 0.348. The summed E-state index contributed by atoms with van der Waals surface area (Å²) < 4.78 is 23.8. The first-order valence-corrected chi connectivity index (χ1v) is 10.5. The molecule has 178 valence electrons. The molecule has 0 aliphatic carbocycles. The summed E-state index contributed by atoms with van der Waals surface area (Å²) in [5, 5.41) is 14.4. The van der Waals surface area contributed by atoms with Gasteiger partial charge in [0.2, 0.25) is 0 Å². The van der Waals surface area contributed by atoms with Crippen LogP contribution in [0, 0.1) is 5.82 Å². The van der Waals surface area contributed by atoms with E-state index in [1.54, 1.807) is 63.2 Å². The van der Waals surface area contributed by atoms with Crippen molar-refractivity contribution in [3.63, 3.8) is 0 Å². The van der Waals surface area contributed by atoms with E-state index in [-0.39, 0.29) is 11.6 Å². The number of ether oxygens (including phenoxy) is 2. The van der Waals surface area contributed by atoms with E-state index in [0.29, 0.717) is 17.2 Å². The average molecular weight is 467 g/mol. The molecule has 1 aromatic heterocycles. The Morgan fingerprint density at radius 2 is 1.62 bits per heavy atom. The summed E-state index contributed by atoms with van der Waals surface area (Å²) in [6, 6.07) is 16.7. The SMILES string of the molecule is CC(C)(C)OC(=O)NC(CO)C(=O)Nc1cccc(-c2ccc(Oc3ccc(F)cc3)cc2)n1. The minimum atomic E-state index is -1.21. The number of hydrogen-bond donors (Lipinski definition) is 3. The fourth-order valence-corrected chi connectivity index (χ4v) is 2.85. The van der Waals surface area contributed by atoms with Gasteiger partial charge in [-0.1, -0.05) is 6.07 Å². The molecule has 0 bridgehead atoms. The molecule has 0 saturated carbocycles. The topological polar surface area (TPSA) is 110 Å². The van der Waals surface area contributed by atoms with Gasteiger partial charge >= 0.3 is 6.09 Å². The van der Waals surface area contributed by atoms with Gasteiger partial charge in [-0.05, 0) is 81.4 Å². The molecular weight excluding hydrogens is 441 g/mol. The molecular formula is C25H26FN3O5. The number of aliphatic hydroxyl groups is 1. The quantitative estimate of drug-likeness (QED) is 0.472. The minimum Gasteiger partial charge on any atom is -0.457 e. The van der Waals surface area contributed by atoms with Crippen molar-refractivity contribution >= 4 is 17.8 Å². The third-order valence-electron chi connectivity index (χ3n) is 4.39. The first-order valence-electron chi connectivity index (χ1n) is 10.5. The molecule has 0 aliphatic rings. The van der Waals surface area contributed by atoms with Crippen LogP contribution in [0.25, 0.3) is 11.3 Å². The smallest absolute Gasteiger partial charge is 0.408 e. The van der Waals surface area contributed by atoms with Crippen molar-refractivity contribution < 1.29 is 28.6 Å². The molecule has 1 heterocycles. The summed E-state index contributed by atoms with van der Waals surface area (Å²) in [6.45, 7) is 4.46. The number of amides is 2. The number of aromatic nitrogens is 1. The fourth-order valence-electron chi connectivity index (χ4n) is 2.85. The van der Waals surface area contributed by atoms with Crippen molar-refractivity contribution in [2.45, 2.75) is 32.4 Å². The molecule has 1 atom stereocenters. The van der Waals surface area contributed by atoms with Crippen LogP contribution < -0.4 is 15.4 Å². The van der Waals surface area contributed by atoms with Gasteiger partial charge in [0.25, 0.3) is 5.91 Å². The molecule has 9 heteroatoms. The van der Waals surface area contributed by atoms with Gasteiger partial charge in [-0.15, -0.1) is 0 Å². The molecule has 0 saturated heterocycles. The average Bonchev–Trinajstić information content (AvgIpc) is 2.78. The normalized spacial score (nSPS) is 11.9. The van der Waals surface area contributed by atoms with Gasteiger partial charge in [-0.2, -0.15) is 0 Å². The Labute approximate surface area is 196 Å². The Bertz CT molecular complexity index is 1130. The van der Waals surface area contributed by atoms with E-state index >= 15 is 0 Å². The molecule has 0 spiro atoms. The first kappa shape index (κ1) is 24.7. The number of alkyl carbamates (subject to hydrolysis) is 1. The molecule has 3 N–H and O–H groups in total. The van der Waals surface area contributed by atoms with Crippen LogP contribution in [0.5, 0.6) is 11.5 Å². The van der Waals surface area contributed by atoms with Gasteiger partial charge in [-0.25, -0.2) is 14.2 Å². The summed E-state index contributed by atoms with van der Waals surface area (Å²) in [5.41, 5.74) is 0.621. The van der Waals surface area contributed by atoms with Crippen LogP contribution in [0.3, 0.4) is 0 Å². The van der Waals surface area contributed by atoms with Crippen LogP contribution in [0.2, 0.25) is 0 Å². The van der Waals surface area contributed by atoms with E-state index in [1.165, 1.54) is 24.3 Å². The van der Waals surface area contributed by atoms with Crippen LogP contribution in [0.1, 0.15) is 20.8 Å². The second-order valence-electron chi connectivity index (χ2n) is 8.36. The lowest BCUT2D eigenvalue weighted by atomic mass is 10.1. The van der Waals surface area contributed by atoms with E-state index in [1.807, 2.05) is 0 Å². The van der Waals surface area contributed by atoms with Crippen LogP contribution in [0.15, 0.2) is 66.7 Å². The zero-order chi connectivity index (χ0) is 24.7. The molecule has 34 heavy (non-hydrogen) atoms. The fraction of sp³-hybridized carbons (Fsp3) is 0.240. The number of anilines is 1. The number of rotatable bonds is 7. The maximum atomic E-state index is 13.0. The maximum Gasteiger partial charge on any atom is 0.408 e. The lowest BCUT2D eigenvalue weighted by Gasteiger charge is -2.22. The predicted octanol–water partition coefficient (Wildman–Crippen LogP) is 4.50. The van der Waals surface area contributed by atoms with E-state index in [0.717, 1.165) is 5.56 Å². The number of pyridine rings is 1. The molecule has 0 aliphatic heterocycles. The minimum absolute atomic E-state index is 0.249. The van der Waals surface area contributed by atoms with Crippen molar-refractivity contribution in [1.29, 1.82) is 0 Å². The van der Waals surface area contributed by atoms with Gasteiger partial charge in [0.1, 0.15) is 34.8 Å². The summed E-state index contributed by atoms with van der Waals surface area (Å²) in [7, 11) is 0. The second-order valence-corrected chi connectivity index (χ2v) is 8.36. The summed E-state index contributed by atoms with van der Waals surface area (Å²) in [4.78, 5) is 28.8. The number of aliphatic hydroxyl groups excluding tert-OH is 1. The monoisotopic (exact) mass is 467 g/mol. The Kier molecular flexibility index (Phi) is 7.80. The zero-order valence-corrected chi connectivity index (χ0v) is 19.0. The number of hydrogen-bond acceptors (Lipinski definition) is 6. The van der Waals surface area contributed by atoms with Gasteiger partial charge in [-0.3, -0.25) is 4.79 Å².